The van der Waals surface area contributed by atoms with Crippen molar-refractivity contribution in [2.45, 2.75) is 38.5 Å². The molecule has 0 heterocycles. The summed E-state index contributed by atoms with van der Waals surface area (Å²) in [5, 5.41) is 1.06. The quantitative estimate of drug-likeness (QED) is 0.518. The molecule has 1 aliphatic carbocycles. The molecule has 1 rings (SSSR count). The number of rotatable bonds is 6. The summed E-state index contributed by atoms with van der Waals surface area (Å²) >= 11 is 3.39. The first-order valence-electron chi connectivity index (χ1n) is 5.10. The molecular formula is C11H17BrO. The van der Waals surface area contributed by atoms with Gasteiger partial charge in [-0.3, -0.25) is 4.79 Å². The molecule has 0 aliphatic heterocycles. The summed E-state index contributed by atoms with van der Waals surface area (Å²) in [4.78, 5) is 11.5. The Morgan fingerprint density at radius 2 is 2.23 bits per heavy atom. The van der Waals surface area contributed by atoms with Gasteiger partial charge in [0.2, 0.25) is 0 Å². The lowest BCUT2D eigenvalue weighted by atomic mass is 9.98. The van der Waals surface area contributed by atoms with Crippen LogP contribution in [-0.4, -0.2) is 11.1 Å². The second kappa shape index (κ2) is 6.58. The van der Waals surface area contributed by atoms with Crippen molar-refractivity contribution in [2.75, 3.05) is 5.33 Å². The third-order valence-corrected chi connectivity index (χ3v) is 3.04. The Morgan fingerprint density at radius 1 is 1.38 bits per heavy atom. The van der Waals surface area contributed by atoms with Crippen LogP contribution in [0.15, 0.2) is 0 Å². The fraction of sp³-hybridized carbons (Fsp3) is 0.727. The molecule has 0 aromatic heterocycles. The lowest BCUT2D eigenvalue weighted by molar-refractivity contribution is -0.121. The molecule has 0 saturated heterocycles. The molecular weight excluding hydrogens is 228 g/mol. The van der Waals surface area contributed by atoms with E-state index in [-0.39, 0.29) is 5.92 Å². The minimum absolute atomic E-state index is 0.254. The van der Waals surface area contributed by atoms with Crippen molar-refractivity contribution < 1.29 is 4.79 Å². The highest BCUT2D eigenvalue weighted by Gasteiger charge is 2.21. The second-order valence-electron chi connectivity index (χ2n) is 3.58. The standard InChI is InChI=1S/C11H17BrO/c12-9-5-1-2-8-11(13)10-6-3-4-7-10/h3,6,10H,1-2,4-5,7-9H2. The van der Waals surface area contributed by atoms with Crippen molar-refractivity contribution in [3.05, 3.63) is 12.8 Å². The van der Waals surface area contributed by atoms with Gasteiger partial charge in [-0.15, -0.1) is 0 Å². The van der Waals surface area contributed by atoms with E-state index >= 15 is 0 Å². The molecule has 0 aromatic rings. The molecule has 0 aromatic carbocycles. The highest BCUT2D eigenvalue weighted by molar-refractivity contribution is 9.09. The van der Waals surface area contributed by atoms with Crippen LogP contribution in [0.5, 0.6) is 0 Å². The van der Waals surface area contributed by atoms with E-state index in [9.17, 15) is 4.79 Å². The molecule has 1 atom stereocenters. The van der Waals surface area contributed by atoms with Gasteiger partial charge in [0, 0.05) is 17.7 Å². The number of carbonyl (C=O) groups excluding carboxylic acids is 1. The smallest absolute Gasteiger partial charge is 0.136 e. The summed E-state index contributed by atoms with van der Waals surface area (Å²) in [6.45, 7) is 0. The maximum Gasteiger partial charge on any atom is 0.136 e. The van der Waals surface area contributed by atoms with Crippen LogP contribution in [0.1, 0.15) is 38.5 Å². The van der Waals surface area contributed by atoms with Crippen LogP contribution in [0.25, 0.3) is 0 Å². The molecule has 1 unspecified atom stereocenters. The zero-order valence-electron chi connectivity index (χ0n) is 7.97. The van der Waals surface area contributed by atoms with Crippen LogP contribution in [0, 0.1) is 18.8 Å². The van der Waals surface area contributed by atoms with Gasteiger partial charge in [0.05, 0.1) is 0 Å². The van der Waals surface area contributed by atoms with Crippen molar-refractivity contribution in [3.8, 4) is 0 Å². The van der Waals surface area contributed by atoms with Gasteiger partial charge in [-0.2, -0.15) is 0 Å². The third kappa shape index (κ3) is 4.26. The molecule has 13 heavy (non-hydrogen) atoms. The first-order valence-corrected chi connectivity index (χ1v) is 6.22. The molecule has 0 amide bonds. The van der Waals surface area contributed by atoms with E-state index in [0.717, 1.165) is 31.0 Å². The summed E-state index contributed by atoms with van der Waals surface area (Å²) < 4.78 is 0. The minimum atomic E-state index is 0.254. The maximum atomic E-state index is 11.5. The normalized spacial score (nSPS) is 17.9. The predicted octanol–water partition coefficient (Wildman–Crippen LogP) is 3.33. The van der Waals surface area contributed by atoms with Crippen LogP contribution in [0.3, 0.4) is 0 Å². The van der Waals surface area contributed by atoms with E-state index < -0.39 is 0 Å². The fourth-order valence-electron chi connectivity index (χ4n) is 1.66. The summed E-state index contributed by atoms with van der Waals surface area (Å²) in [7, 11) is 0. The average molecular weight is 245 g/mol. The number of halogens is 1. The molecule has 2 heteroatoms. The lowest BCUT2D eigenvalue weighted by Crippen LogP contribution is -2.10. The molecule has 0 N–H and O–H groups in total. The van der Waals surface area contributed by atoms with Gasteiger partial charge in [-0.1, -0.05) is 22.4 Å². The van der Waals surface area contributed by atoms with Gasteiger partial charge in [-0.05, 0) is 38.5 Å². The van der Waals surface area contributed by atoms with E-state index in [1.165, 1.54) is 12.8 Å². The zero-order valence-corrected chi connectivity index (χ0v) is 9.55. The second-order valence-corrected chi connectivity index (χ2v) is 4.37. The number of carbonyl (C=O) groups is 1. The van der Waals surface area contributed by atoms with Crippen LogP contribution < -0.4 is 0 Å². The van der Waals surface area contributed by atoms with Gasteiger partial charge in [0.25, 0.3) is 0 Å². The number of ketones is 1. The van der Waals surface area contributed by atoms with Crippen molar-refractivity contribution >= 4 is 21.7 Å². The number of Topliss-reactive ketones (excluding diaryl/α,β-unsaturated/α-hetero) is 1. The van der Waals surface area contributed by atoms with Crippen molar-refractivity contribution in [1.82, 2.24) is 0 Å². The van der Waals surface area contributed by atoms with E-state index in [0.29, 0.717) is 5.78 Å². The molecule has 0 spiro atoms. The number of unbranched alkanes of at least 4 members (excludes halogenated alkanes) is 2. The molecule has 2 radical (unpaired) electrons. The Balaban J connectivity index is 2.03. The Kier molecular flexibility index (Phi) is 5.68. The average Bonchev–Trinajstić information content (AvgIpc) is 2.65. The van der Waals surface area contributed by atoms with Crippen LogP contribution in [-0.2, 0) is 4.79 Å². The summed E-state index contributed by atoms with van der Waals surface area (Å²) in [5.41, 5.74) is 0. The van der Waals surface area contributed by atoms with E-state index in [1.54, 1.807) is 0 Å². The topological polar surface area (TPSA) is 17.1 Å². The van der Waals surface area contributed by atoms with Crippen LogP contribution in [0.4, 0.5) is 0 Å². The number of hydrogen-bond donors (Lipinski definition) is 0. The molecule has 1 nitrogen and oxygen atoms in total. The Hall–Kier alpha value is 0.150. The Morgan fingerprint density at radius 3 is 2.85 bits per heavy atom. The molecule has 1 saturated carbocycles. The summed E-state index contributed by atoms with van der Waals surface area (Å²) in [5.74, 6) is 0.701. The van der Waals surface area contributed by atoms with Crippen molar-refractivity contribution in [2.24, 2.45) is 5.92 Å². The summed E-state index contributed by atoms with van der Waals surface area (Å²) in [6, 6.07) is 0. The lowest BCUT2D eigenvalue weighted by Gasteiger charge is -2.06. The first-order chi connectivity index (χ1) is 6.34. The number of alkyl halides is 1. The Labute approximate surface area is 89.4 Å². The monoisotopic (exact) mass is 244 g/mol. The zero-order chi connectivity index (χ0) is 9.52. The van der Waals surface area contributed by atoms with E-state index in [1.807, 2.05) is 0 Å². The molecule has 1 aliphatic rings. The fourth-order valence-corrected chi connectivity index (χ4v) is 2.05. The van der Waals surface area contributed by atoms with Gasteiger partial charge in [0.15, 0.2) is 0 Å². The van der Waals surface area contributed by atoms with Gasteiger partial charge < -0.3 is 0 Å². The molecule has 1 fully saturated rings. The highest BCUT2D eigenvalue weighted by atomic mass is 79.9. The third-order valence-electron chi connectivity index (χ3n) is 2.48. The highest BCUT2D eigenvalue weighted by Crippen LogP contribution is 2.25. The summed E-state index contributed by atoms with van der Waals surface area (Å²) in [6.07, 6.45) is 10.6. The van der Waals surface area contributed by atoms with Crippen LogP contribution >= 0.6 is 15.9 Å². The van der Waals surface area contributed by atoms with Crippen LogP contribution in [0.2, 0.25) is 0 Å². The molecule has 74 valence electrons. The van der Waals surface area contributed by atoms with Crippen molar-refractivity contribution in [3.63, 3.8) is 0 Å². The number of hydrogen-bond acceptors (Lipinski definition) is 1. The largest absolute Gasteiger partial charge is 0.299 e. The van der Waals surface area contributed by atoms with E-state index in [2.05, 4.69) is 28.8 Å². The first kappa shape index (κ1) is 11.2. The SMILES string of the molecule is O=C(CCCCCBr)C1[CH][CH]CC1. The minimum Gasteiger partial charge on any atom is -0.299 e. The van der Waals surface area contributed by atoms with E-state index in [4.69, 9.17) is 0 Å². The van der Waals surface area contributed by atoms with Crippen molar-refractivity contribution in [1.29, 1.82) is 0 Å². The van der Waals surface area contributed by atoms with Gasteiger partial charge in [0.1, 0.15) is 5.78 Å². The maximum absolute atomic E-state index is 11.5. The van der Waals surface area contributed by atoms with Gasteiger partial charge >= 0.3 is 0 Å². The predicted molar refractivity (Wildman–Crippen MR) is 58.6 cm³/mol. The van der Waals surface area contributed by atoms with Gasteiger partial charge in [-0.25, -0.2) is 0 Å². The Bertz CT molecular complexity index is 150. The molecule has 0 bridgehead atoms.